The molecular weight excluding hydrogens is 284 g/mol. The lowest BCUT2D eigenvalue weighted by molar-refractivity contribution is 0.0705. The highest BCUT2D eigenvalue weighted by molar-refractivity contribution is 5.92. The number of ether oxygens (including phenoxy) is 1. The van der Waals surface area contributed by atoms with Gasteiger partial charge in [-0.25, -0.2) is 0 Å². The summed E-state index contributed by atoms with van der Waals surface area (Å²) < 4.78 is 10.2. The van der Waals surface area contributed by atoms with Crippen molar-refractivity contribution in [2.45, 2.75) is 25.5 Å². The van der Waals surface area contributed by atoms with Crippen molar-refractivity contribution >= 4 is 5.91 Å². The first kappa shape index (κ1) is 14.6. The number of aryl methyl sites for hydroxylation is 1. The number of amides is 1. The van der Waals surface area contributed by atoms with Crippen molar-refractivity contribution in [2.75, 3.05) is 13.7 Å². The number of hydrogen-bond donors (Lipinski definition) is 1. The first-order chi connectivity index (χ1) is 10.6. The Morgan fingerprint density at radius 3 is 2.95 bits per heavy atom. The summed E-state index contributed by atoms with van der Waals surface area (Å²) in [6, 6.07) is 8.95. The van der Waals surface area contributed by atoms with Gasteiger partial charge in [-0.3, -0.25) is 4.79 Å². The second-order valence-corrected chi connectivity index (χ2v) is 5.46. The van der Waals surface area contributed by atoms with E-state index >= 15 is 0 Å². The van der Waals surface area contributed by atoms with Gasteiger partial charge >= 0.3 is 0 Å². The second kappa shape index (κ2) is 5.81. The Balaban J connectivity index is 1.90. The number of aromatic nitrogens is 1. The van der Waals surface area contributed by atoms with Crippen LogP contribution in [0.2, 0.25) is 0 Å². The summed E-state index contributed by atoms with van der Waals surface area (Å²) in [6.45, 7) is 2.02. The number of likely N-dealkylation sites (tertiary alicyclic amines) is 1. The van der Waals surface area contributed by atoms with Crippen LogP contribution >= 0.6 is 0 Å². The smallest absolute Gasteiger partial charge is 0.276 e. The summed E-state index contributed by atoms with van der Waals surface area (Å²) in [5.74, 6) is 1.07. The molecule has 0 unspecified atom stereocenters. The molecule has 0 spiro atoms. The lowest BCUT2D eigenvalue weighted by Crippen LogP contribution is -2.32. The third kappa shape index (κ3) is 2.69. The number of hydrogen-bond acceptors (Lipinski definition) is 5. The van der Waals surface area contributed by atoms with Gasteiger partial charge in [0.2, 0.25) is 0 Å². The minimum absolute atomic E-state index is 0.199. The molecule has 1 fully saturated rings. The molecule has 1 aliphatic rings. The van der Waals surface area contributed by atoms with Crippen LogP contribution < -0.4 is 4.74 Å². The number of benzene rings is 1. The quantitative estimate of drug-likeness (QED) is 0.937. The fourth-order valence-electron chi connectivity index (χ4n) is 2.82. The summed E-state index contributed by atoms with van der Waals surface area (Å²) in [5, 5.41) is 13.8. The standard InChI is InChI=1S/C16H18N2O4/c1-10-6-14(17-22-10)16(20)18-9-12(19)8-15(18)11-4-3-5-13(7-11)21-2/h3-7,12,15,19H,8-9H2,1-2H3/t12-,15-/m1/s1. The maximum Gasteiger partial charge on any atom is 0.276 e. The first-order valence-corrected chi connectivity index (χ1v) is 7.15. The van der Waals surface area contributed by atoms with Gasteiger partial charge in [0.15, 0.2) is 5.69 Å². The van der Waals surface area contributed by atoms with Gasteiger partial charge < -0.3 is 19.3 Å². The van der Waals surface area contributed by atoms with Gasteiger partial charge in [0, 0.05) is 12.6 Å². The van der Waals surface area contributed by atoms with E-state index in [0.29, 0.717) is 12.2 Å². The number of nitrogens with zero attached hydrogens (tertiary/aromatic N) is 2. The van der Waals surface area contributed by atoms with Crippen molar-refractivity contribution in [2.24, 2.45) is 0 Å². The van der Waals surface area contributed by atoms with Crippen LogP contribution in [0.5, 0.6) is 5.75 Å². The average Bonchev–Trinajstić information content (AvgIpc) is 3.12. The predicted molar refractivity (Wildman–Crippen MR) is 78.6 cm³/mol. The van der Waals surface area contributed by atoms with Gasteiger partial charge in [0.1, 0.15) is 11.5 Å². The Bertz CT molecular complexity index is 682. The number of aliphatic hydroxyl groups is 1. The fourth-order valence-corrected chi connectivity index (χ4v) is 2.82. The lowest BCUT2D eigenvalue weighted by atomic mass is 10.0. The summed E-state index contributed by atoms with van der Waals surface area (Å²) in [5.41, 5.74) is 1.20. The van der Waals surface area contributed by atoms with E-state index in [9.17, 15) is 9.90 Å². The van der Waals surface area contributed by atoms with Crippen LogP contribution in [0.1, 0.15) is 34.3 Å². The van der Waals surface area contributed by atoms with Crippen molar-refractivity contribution in [3.8, 4) is 5.75 Å². The summed E-state index contributed by atoms with van der Waals surface area (Å²) in [7, 11) is 1.60. The summed E-state index contributed by atoms with van der Waals surface area (Å²) in [4.78, 5) is 14.2. The van der Waals surface area contributed by atoms with E-state index in [0.717, 1.165) is 11.3 Å². The van der Waals surface area contributed by atoms with Gasteiger partial charge in [0.25, 0.3) is 5.91 Å². The number of aliphatic hydroxyl groups excluding tert-OH is 1. The zero-order valence-corrected chi connectivity index (χ0v) is 12.5. The third-order valence-electron chi connectivity index (χ3n) is 3.87. The number of rotatable bonds is 3. The van der Waals surface area contributed by atoms with Gasteiger partial charge in [-0.05, 0) is 31.0 Å². The van der Waals surface area contributed by atoms with Crippen LogP contribution in [0.25, 0.3) is 0 Å². The molecule has 2 heterocycles. The Morgan fingerprint density at radius 2 is 2.27 bits per heavy atom. The monoisotopic (exact) mass is 302 g/mol. The SMILES string of the molecule is COc1cccc([C@H]2C[C@@H](O)CN2C(=O)c2cc(C)on2)c1. The van der Waals surface area contributed by atoms with Crippen LogP contribution in [-0.2, 0) is 0 Å². The predicted octanol–water partition coefficient (Wildman–Crippen LogP) is 1.94. The fraction of sp³-hybridized carbons (Fsp3) is 0.375. The average molecular weight is 302 g/mol. The Hall–Kier alpha value is -2.34. The van der Waals surface area contributed by atoms with Crippen LogP contribution in [0.3, 0.4) is 0 Å². The first-order valence-electron chi connectivity index (χ1n) is 7.15. The van der Waals surface area contributed by atoms with Gasteiger partial charge in [0.05, 0.1) is 19.3 Å². The molecule has 1 aliphatic heterocycles. The molecule has 1 saturated heterocycles. The second-order valence-electron chi connectivity index (χ2n) is 5.46. The van der Waals surface area contributed by atoms with E-state index in [-0.39, 0.29) is 24.2 Å². The highest BCUT2D eigenvalue weighted by Gasteiger charge is 2.36. The summed E-state index contributed by atoms with van der Waals surface area (Å²) in [6.07, 6.45) is -0.0522. The molecule has 1 aromatic carbocycles. The number of methoxy groups -OCH3 is 1. The molecule has 1 N–H and O–H groups in total. The highest BCUT2D eigenvalue weighted by Crippen LogP contribution is 2.34. The van der Waals surface area contributed by atoms with Crippen molar-refractivity contribution in [1.82, 2.24) is 10.1 Å². The largest absolute Gasteiger partial charge is 0.497 e. The molecular formula is C16H18N2O4. The van der Waals surface area contributed by atoms with Crippen LogP contribution in [0.15, 0.2) is 34.9 Å². The topological polar surface area (TPSA) is 75.8 Å². The molecule has 2 atom stereocenters. The zero-order valence-electron chi connectivity index (χ0n) is 12.5. The highest BCUT2D eigenvalue weighted by atomic mass is 16.5. The van der Waals surface area contributed by atoms with E-state index in [1.165, 1.54) is 0 Å². The van der Waals surface area contributed by atoms with Crippen molar-refractivity contribution in [1.29, 1.82) is 0 Å². The van der Waals surface area contributed by atoms with Crippen LogP contribution in [0.4, 0.5) is 0 Å². The number of carbonyl (C=O) groups is 1. The molecule has 6 nitrogen and oxygen atoms in total. The molecule has 1 amide bonds. The molecule has 0 aliphatic carbocycles. The molecule has 116 valence electrons. The van der Waals surface area contributed by atoms with Gasteiger partial charge in [-0.15, -0.1) is 0 Å². The summed E-state index contributed by atoms with van der Waals surface area (Å²) >= 11 is 0. The molecule has 22 heavy (non-hydrogen) atoms. The van der Waals surface area contributed by atoms with Crippen molar-refractivity contribution in [3.05, 3.63) is 47.3 Å². The van der Waals surface area contributed by atoms with Crippen molar-refractivity contribution < 1.29 is 19.2 Å². The molecule has 3 rings (SSSR count). The lowest BCUT2D eigenvalue weighted by Gasteiger charge is -2.24. The van der Waals surface area contributed by atoms with E-state index < -0.39 is 6.10 Å². The van der Waals surface area contributed by atoms with Gasteiger partial charge in [-0.1, -0.05) is 17.3 Å². The number of carbonyl (C=O) groups excluding carboxylic acids is 1. The van der Waals surface area contributed by atoms with Gasteiger partial charge in [-0.2, -0.15) is 0 Å². The Labute approximate surface area is 128 Å². The van der Waals surface area contributed by atoms with Crippen LogP contribution in [0, 0.1) is 6.92 Å². The van der Waals surface area contributed by atoms with E-state index in [2.05, 4.69) is 5.16 Å². The van der Waals surface area contributed by atoms with Crippen molar-refractivity contribution in [3.63, 3.8) is 0 Å². The normalized spacial score (nSPS) is 21.1. The zero-order chi connectivity index (χ0) is 15.7. The molecule has 0 bridgehead atoms. The maximum absolute atomic E-state index is 12.6. The third-order valence-corrected chi connectivity index (χ3v) is 3.87. The van der Waals surface area contributed by atoms with E-state index in [1.54, 1.807) is 25.0 Å². The molecule has 0 saturated carbocycles. The minimum Gasteiger partial charge on any atom is -0.497 e. The molecule has 0 radical (unpaired) electrons. The minimum atomic E-state index is -0.548. The molecule has 1 aromatic heterocycles. The Kier molecular flexibility index (Phi) is 3.85. The maximum atomic E-state index is 12.6. The Morgan fingerprint density at radius 1 is 1.45 bits per heavy atom. The molecule has 6 heteroatoms. The van der Waals surface area contributed by atoms with E-state index in [4.69, 9.17) is 9.26 Å². The van der Waals surface area contributed by atoms with Crippen LogP contribution in [-0.4, -0.2) is 40.8 Å². The number of β-amino-alcohol motifs (C(OH)–C–C–N with tert-alkyl or cyclic N) is 1. The van der Waals surface area contributed by atoms with E-state index in [1.807, 2.05) is 24.3 Å². The molecule has 2 aromatic rings.